The second-order valence-corrected chi connectivity index (χ2v) is 16.7. The first-order chi connectivity index (χ1) is 37.4. The Balaban J connectivity index is 0.000000245. The Morgan fingerprint density at radius 1 is 0.276 bits per heavy atom. The molecule has 10 aromatic rings. The van der Waals surface area contributed by atoms with E-state index in [1.165, 1.54) is 0 Å². The van der Waals surface area contributed by atoms with Crippen LogP contribution in [0.15, 0.2) is 231 Å². The van der Waals surface area contributed by atoms with Crippen LogP contribution in [0, 0.1) is 45.3 Å². The van der Waals surface area contributed by atoms with Gasteiger partial charge in [0.2, 0.25) is 0 Å². The minimum Gasteiger partial charge on any atom is -0.497 e. The van der Waals surface area contributed by atoms with Crippen LogP contribution in [0.1, 0.15) is 22.3 Å². The van der Waals surface area contributed by atoms with Gasteiger partial charge in [0.25, 0.3) is 0 Å². The molecule has 0 saturated heterocycles. The first-order valence-corrected chi connectivity index (χ1v) is 23.8. The molecule has 0 bridgehead atoms. The van der Waals surface area contributed by atoms with Gasteiger partial charge >= 0.3 is 0 Å². The van der Waals surface area contributed by atoms with Crippen LogP contribution in [0.2, 0.25) is 0 Å². The molecule has 0 N–H and O–H groups in total. The lowest BCUT2D eigenvalue weighted by atomic mass is 9.96. The van der Waals surface area contributed by atoms with E-state index in [1.807, 2.05) is 194 Å². The van der Waals surface area contributed by atoms with Crippen molar-refractivity contribution < 1.29 is 28.4 Å². The molecule has 10 rings (SSSR count). The summed E-state index contributed by atoms with van der Waals surface area (Å²) >= 11 is 0. The molecule has 364 valence electrons. The molecule has 0 aliphatic heterocycles. The Morgan fingerprint density at radius 2 is 0.553 bits per heavy atom. The van der Waals surface area contributed by atoms with Crippen molar-refractivity contribution in [1.82, 2.24) is 0 Å². The van der Waals surface area contributed by atoms with Crippen molar-refractivity contribution >= 4 is 0 Å². The Kier molecular flexibility index (Phi) is 15.7. The van der Waals surface area contributed by atoms with Crippen LogP contribution >= 0.6 is 0 Å². The third-order valence-electron chi connectivity index (χ3n) is 12.0. The van der Waals surface area contributed by atoms with E-state index in [-0.39, 0.29) is 33.8 Å². The lowest BCUT2D eigenvalue weighted by Gasteiger charge is -2.22. The number of methoxy groups -OCH3 is 2. The average molecular weight is 989 g/mol. The minimum atomic E-state index is 0.148. The van der Waals surface area contributed by atoms with Crippen LogP contribution in [0.3, 0.4) is 0 Å². The molecule has 0 spiro atoms. The van der Waals surface area contributed by atoms with E-state index in [9.17, 15) is 21.0 Å². The Hall–Kier alpha value is -11.0. The fourth-order valence-electron chi connectivity index (χ4n) is 8.30. The molecule has 0 unspecified atom stereocenters. The molecule has 0 atom stereocenters. The Morgan fingerprint density at radius 3 is 0.803 bits per heavy atom. The third-order valence-corrected chi connectivity index (χ3v) is 12.0. The smallest absolute Gasteiger partial charge is 0.171 e. The fraction of sp³-hybridized carbons (Fsp3) is 0.0303. The number of rotatable bonds is 14. The van der Waals surface area contributed by atoms with Crippen molar-refractivity contribution in [3.63, 3.8) is 0 Å². The minimum absolute atomic E-state index is 0.148. The normalized spacial score (nSPS) is 10.2. The van der Waals surface area contributed by atoms with Gasteiger partial charge in [-0.1, -0.05) is 158 Å². The summed E-state index contributed by atoms with van der Waals surface area (Å²) in [6, 6.07) is 80.2. The highest BCUT2D eigenvalue weighted by Gasteiger charge is 2.24. The van der Waals surface area contributed by atoms with Gasteiger partial charge in [0, 0.05) is 34.4 Å². The molecule has 10 nitrogen and oxygen atoms in total. The van der Waals surface area contributed by atoms with Gasteiger partial charge in [-0.3, -0.25) is 0 Å². The summed E-state index contributed by atoms with van der Waals surface area (Å²) in [4.78, 5) is 0. The highest BCUT2D eigenvalue weighted by molar-refractivity contribution is 5.87. The molecule has 10 aromatic carbocycles. The first kappa shape index (κ1) is 49.9. The molecule has 0 fully saturated rings. The van der Waals surface area contributed by atoms with E-state index in [2.05, 4.69) is 12.1 Å². The molecule has 76 heavy (non-hydrogen) atoms. The first-order valence-electron chi connectivity index (χ1n) is 23.8. The summed E-state index contributed by atoms with van der Waals surface area (Å²) in [6.07, 6.45) is 0. The SMILES string of the molecule is COc1cc(-c2ccccc2)c(Oc2cc(C#N)c(C#N)cc2Oc2c(-c3ccccc3)cc(OC)cc2-c2ccccc2)c(-c2ccccc2)c1.N#Cc1c(Oc2ccccc2)ccc(Oc2ccccc2)c1C#N. The van der Waals surface area contributed by atoms with Crippen molar-refractivity contribution in [2.24, 2.45) is 0 Å². The number of ether oxygens (including phenoxy) is 6. The maximum absolute atomic E-state index is 10.2. The maximum Gasteiger partial charge on any atom is 0.171 e. The van der Waals surface area contributed by atoms with Crippen LogP contribution in [0.5, 0.6) is 57.5 Å². The van der Waals surface area contributed by atoms with E-state index in [1.54, 1.807) is 62.8 Å². The summed E-state index contributed by atoms with van der Waals surface area (Å²) in [5.74, 6) is 4.68. The van der Waals surface area contributed by atoms with Gasteiger partial charge in [-0.05, 0) is 82.9 Å². The quantitative estimate of drug-likeness (QED) is 0.103. The monoisotopic (exact) mass is 988 g/mol. The van der Waals surface area contributed by atoms with Crippen molar-refractivity contribution in [1.29, 1.82) is 21.0 Å². The predicted molar refractivity (Wildman–Crippen MR) is 293 cm³/mol. The van der Waals surface area contributed by atoms with Gasteiger partial charge in [0.05, 0.1) is 25.3 Å². The molecule has 0 aromatic heterocycles. The Labute approximate surface area is 440 Å². The zero-order chi connectivity index (χ0) is 52.6. The second kappa shape index (κ2) is 23.9. The average Bonchev–Trinajstić information content (AvgIpc) is 3.49. The van der Waals surface area contributed by atoms with Crippen LogP contribution in [-0.4, -0.2) is 14.2 Å². The van der Waals surface area contributed by atoms with Gasteiger partial charge in [-0.25, -0.2) is 0 Å². The molecule has 10 heteroatoms. The lowest BCUT2D eigenvalue weighted by molar-refractivity contribution is 0.407. The van der Waals surface area contributed by atoms with E-state index in [0.29, 0.717) is 46.0 Å². The number of benzene rings is 10. The third kappa shape index (κ3) is 11.3. The van der Waals surface area contributed by atoms with Gasteiger partial charge in [-0.2, -0.15) is 21.0 Å². The molecule has 0 heterocycles. The largest absolute Gasteiger partial charge is 0.497 e. The molecule has 0 amide bonds. The van der Waals surface area contributed by atoms with Crippen LogP contribution in [0.25, 0.3) is 44.5 Å². The number of nitrogens with zero attached hydrogens (tertiary/aromatic N) is 4. The number of para-hydroxylation sites is 2. The summed E-state index contributed by atoms with van der Waals surface area (Å²) < 4.78 is 36.9. The predicted octanol–water partition coefficient (Wildman–Crippen LogP) is 16.7. The zero-order valence-corrected chi connectivity index (χ0v) is 41.2. The van der Waals surface area contributed by atoms with Crippen molar-refractivity contribution in [2.75, 3.05) is 14.2 Å². The van der Waals surface area contributed by atoms with E-state index >= 15 is 0 Å². The van der Waals surface area contributed by atoms with Crippen LogP contribution < -0.4 is 28.4 Å². The fourth-order valence-corrected chi connectivity index (χ4v) is 8.30. The molecule has 0 aliphatic carbocycles. The van der Waals surface area contributed by atoms with Crippen LogP contribution in [0.4, 0.5) is 0 Å². The summed E-state index contributed by atoms with van der Waals surface area (Å²) in [5.41, 5.74) is 7.29. The van der Waals surface area contributed by atoms with Gasteiger partial charge in [0.1, 0.15) is 81.4 Å². The second-order valence-electron chi connectivity index (χ2n) is 16.7. The number of nitriles is 4. The highest BCUT2D eigenvalue weighted by atomic mass is 16.5. The Bertz CT molecular complexity index is 3440. The number of hydrogen-bond acceptors (Lipinski definition) is 10. The molecular weight excluding hydrogens is 945 g/mol. The molecule has 0 radical (unpaired) electrons. The summed E-state index contributed by atoms with van der Waals surface area (Å²) in [7, 11) is 3.27. The topological polar surface area (TPSA) is 151 Å². The summed E-state index contributed by atoms with van der Waals surface area (Å²) in [5, 5.41) is 39.3. The van der Waals surface area contributed by atoms with Crippen molar-refractivity contribution in [3.05, 3.63) is 253 Å². The molecular formula is C66H44N4O6. The maximum atomic E-state index is 10.2. The number of hydrogen-bond donors (Lipinski definition) is 0. The highest BCUT2D eigenvalue weighted by Crippen LogP contribution is 2.50. The summed E-state index contributed by atoms with van der Waals surface area (Å²) in [6.45, 7) is 0. The molecule has 0 saturated carbocycles. The zero-order valence-electron chi connectivity index (χ0n) is 41.2. The van der Waals surface area contributed by atoms with Gasteiger partial charge in [-0.15, -0.1) is 0 Å². The van der Waals surface area contributed by atoms with Gasteiger partial charge < -0.3 is 28.4 Å². The van der Waals surface area contributed by atoms with Crippen molar-refractivity contribution in [3.8, 4) is 126 Å². The lowest BCUT2D eigenvalue weighted by Crippen LogP contribution is -2.00. The molecule has 0 aliphatic rings. The van der Waals surface area contributed by atoms with E-state index in [0.717, 1.165) is 44.5 Å². The van der Waals surface area contributed by atoms with Gasteiger partial charge in [0.15, 0.2) is 11.5 Å². The van der Waals surface area contributed by atoms with E-state index in [4.69, 9.17) is 28.4 Å². The standard InChI is InChI=1S/C46H32N2O4.C20H12N2O2/c1-49-37-25-39(31-15-7-3-8-16-31)45(40(26-37)32-17-9-4-10-18-32)51-43-23-35(29-47)36(30-48)24-44(43)52-46-41(33-19-11-5-12-20-33)27-38(50-2)28-42(46)34-21-13-6-14-22-34;21-13-17-18(14-22)20(24-16-9-5-2-6-10-16)12-11-19(17)23-15-7-3-1-4-8-15/h3-28H,1-2H3;1-12H. The van der Waals surface area contributed by atoms with Crippen molar-refractivity contribution in [2.45, 2.75) is 0 Å². The van der Waals surface area contributed by atoms with E-state index < -0.39 is 0 Å². The van der Waals surface area contributed by atoms with Crippen LogP contribution in [-0.2, 0) is 0 Å².